The highest BCUT2D eigenvalue weighted by Gasteiger charge is 2.10. The molecular formula is C14H16N2O2. The smallest absolute Gasteiger partial charge is 0.335 e. The van der Waals surface area contributed by atoms with E-state index in [-0.39, 0.29) is 0 Å². The predicted octanol–water partition coefficient (Wildman–Crippen LogP) is 2.78. The third-order valence-electron chi connectivity index (χ3n) is 3.07. The van der Waals surface area contributed by atoms with Crippen LogP contribution in [0, 0.1) is 0 Å². The minimum atomic E-state index is -0.911. The van der Waals surface area contributed by atoms with Gasteiger partial charge in [-0.1, -0.05) is 0 Å². The summed E-state index contributed by atoms with van der Waals surface area (Å²) < 4.78 is 0. The zero-order valence-corrected chi connectivity index (χ0v) is 10.6. The molecule has 0 atom stereocenters. The molecule has 2 rings (SSSR count). The number of rotatable bonds is 4. The first-order valence-electron chi connectivity index (χ1n) is 6.04. The van der Waals surface area contributed by atoms with E-state index in [0.717, 1.165) is 29.7 Å². The third-order valence-corrected chi connectivity index (χ3v) is 3.07. The molecule has 0 aliphatic heterocycles. The molecule has 0 aliphatic rings. The van der Waals surface area contributed by atoms with Crippen molar-refractivity contribution >= 4 is 22.6 Å². The number of fused-ring (bicyclic) bond motifs is 1. The summed E-state index contributed by atoms with van der Waals surface area (Å²) in [5, 5.41) is 9.94. The first-order chi connectivity index (χ1) is 8.67. The SMILES string of the molecule is CCN(CC)c1ccnc2ccc(C(=O)O)cc12. The van der Waals surface area contributed by atoms with Crippen LogP contribution in [0.25, 0.3) is 10.9 Å². The summed E-state index contributed by atoms with van der Waals surface area (Å²) in [5.41, 5.74) is 2.15. The van der Waals surface area contributed by atoms with Gasteiger partial charge in [0, 0.05) is 30.4 Å². The minimum Gasteiger partial charge on any atom is -0.478 e. The Bertz CT molecular complexity index is 577. The lowest BCUT2D eigenvalue weighted by atomic mass is 10.1. The number of carboxylic acid groups (broad SMARTS) is 1. The molecule has 0 amide bonds. The minimum absolute atomic E-state index is 0.295. The Balaban J connectivity index is 2.65. The van der Waals surface area contributed by atoms with Crippen LogP contribution in [0.15, 0.2) is 30.5 Å². The molecule has 0 unspecified atom stereocenters. The summed E-state index contributed by atoms with van der Waals surface area (Å²) in [6.45, 7) is 5.92. The Morgan fingerprint density at radius 1 is 1.28 bits per heavy atom. The summed E-state index contributed by atoms with van der Waals surface area (Å²) in [5.74, 6) is -0.911. The van der Waals surface area contributed by atoms with Gasteiger partial charge in [-0.3, -0.25) is 4.98 Å². The predicted molar refractivity (Wildman–Crippen MR) is 72.3 cm³/mol. The third kappa shape index (κ3) is 2.14. The molecule has 0 saturated heterocycles. The quantitative estimate of drug-likeness (QED) is 0.898. The largest absolute Gasteiger partial charge is 0.478 e. The number of anilines is 1. The van der Waals surface area contributed by atoms with E-state index in [2.05, 4.69) is 23.7 Å². The van der Waals surface area contributed by atoms with Crippen molar-refractivity contribution in [2.24, 2.45) is 0 Å². The number of hydrogen-bond acceptors (Lipinski definition) is 3. The first-order valence-corrected chi connectivity index (χ1v) is 6.04. The van der Waals surface area contributed by atoms with Gasteiger partial charge >= 0.3 is 5.97 Å². The molecule has 1 heterocycles. The highest BCUT2D eigenvalue weighted by Crippen LogP contribution is 2.26. The summed E-state index contributed by atoms with van der Waals surface area (Å²) >= 11 is 0. The molecule has 0 bridgehead atoms. The van der Waals surface area contributed by atoms with E-state index in [9.17, 15) is 4.79 Å². The number of carboxylic acids is 1. The van der Waals surface area contributed by atoms with Gasteiger partial charge in [0.05, 0.1) is 11.1 Å². The normalized spacial score (nSPS) is 10.6. The molecule has 4 nitrogen and oxygen atoms in total. The van der Waals surface area contributed by atoms with Crippen molar-refractivity contribution in [3.8, 4) is 0 Å². The van der Waals surface area contributed by atoms with Crippen molar-refractivity contribution in [1.82, 2.24) is 4.98 Å². The average Bonchev–Trinajstić information content (AvgIpc) is 2.39. The average molecular weight is 244 g/mol. The first kappa shape index (κ1) is 12.4. The molecule has 1 N–H and O–H groups in total. The molecule has 0 spiro atoms. The number of carbonyl (C=O) groups is 1. The Morgan fingerprint density at radius 3 is 2.61 bits per heavy atom. The maximum absolute atomic E-state index is 11.0. The molecule has 1 aromatic heterocycles. The highest BCUT2D eigenvalue weighted by atomic mass is 16.4. The number of nitrogens with zero attached hydrogens (tertiary/aromatic N) is 2. The molecule has 4 heteroatoms. The Hall–Kier alpha value is -2.10. The van der Waals surface area contributed by atoms with E-state index in [1.165, 1.54) is 0 Å². The van der Waals surface area contributed by atoms with Gasteiger partial charge in [-0.2, -0.15) is 0 Å². The van der Waals surface area contributed by atoms with Crippen LogP contribution in [-0.4, -0.2) is 29.1 Å². The summed E-state index contributed by atoms with van der Waals surface area (Å²) in [4.78, 5) is 17.5. The van der Waals surface area contributed by atoms with Gasteiger partial charge in [0.2, 0.25) is 0 Å². The number of benzene rings is 1. The van der Waals surface area contributed by atoms with Gasteiger partial charge in [0.25, 0.3) is 0 Å². The molecular weight excluding hydrogens is 228 g/mol. The van der Waals surface area contributed by atoms with Crippen molar-refractivity contribution in [2.75, 3.05) is 18.0 Å². The van der Waals surface area contributed by atoms with Gasteiger partial charge in [0.1, 0.15) is 0 Å². The van der Waals surface area contributed by atoms with Gasteiger partial charge in [-0.15, -0.1) is 0 Å². The maximum Gasteiger partial charge on any atom is 0.335 e. The van der Waals surface area contributed by atoms with Crippen LogP contribution >= 0.6 is 0 Å². The van der Waals surface area contributed by atoms with Gasteiger partial charge in [-0.25, -0.2) is 4.79 Å². The Kier molecular flexibility index (Phi) is 3.46. The van der Waals surface area contributed by atoms with Crippen molar-refractivity contribution in [3.63, 3.8) is 0 Å². The van der Waals surface area contributed by atoms with Crippen LogP contribution in [0.2, 0.25) is 0 Å². The van der Waals surface area contributed by atoms with E-state index in [0.29, 0.717) is 5.56 Å². The molecule has 0 aliphatic carbocycles. The summed E-state index contributed by atoms with van der Waals surface area (Å²) in [6.07, 6.45) is 1.76. The van der Waals surface area contributed by atoms with Crippen LogP contribution in [0.4, 0.5) is 5.69 Å². The fourth-order valence-electron chi connectivity index (χ4n) is 2.10. The second-order valence-electron chi connectivity index (χ2n) is 4.04. The van der Waals surface area contributed by atoms with E-state index in [1.54, 1.807) is 24.4 Å². The molecule has 2 aromatic rings. The van der Waals surface area contributed by atoms with E-state index >= 15 is 0 Å². The molecule has 1 aromatic carbocycles. The van der Waals surface area contributed by atoms with E-state index < -0.39 is 5.97 Å². The van der Waals surface area contributed by atoms with Gasteiger partial charge in [-0.05, 0) is 38.1 Å². The van der Waals surface area contributed by atoms with Crippen LogP contribution in [0.1, 0.15) is 24.2 Å². The molecule has 0 saturated carbocycles. The van der Waals surface area contributed by atoms with Crippen molar-refractivity contribution in [1.29, 1.82) is 0 Å². The second kappa shape index (κ2) is 5.04. The Labute approximate surface area is 106 Å². The van der Waals surface area contributed by atoms with E-state index in [1.807, 2.05) is 6.07 Å². The van der Waals surface area contributed by atoms with Crippen LogP contribution < -0.4 is 4.90 Å². The van der Waals surface area contributed by atoms with Crippen molar-refractivity contribution in [2.45, 2.75) is 13.8 Å². The fraction of sp³-hybridized carbons (Fsp3) is 0.286. The standard InChI is InChI=1S/C14H16N2O2/c1-3-16(4-2)13-7-8-15-12-6-5-10(14(17)18)9-11(12)13/h5-9H,3-4H2,1-2H3,(H,17,18). The molecule has 0 fully saturated rings. The monoisotopic (exact) mass is 244 g/mol. The van der Waals surface area contributed by atoms with Crippen LogP contribution in [-0.2, 0) is 0 Å². The van der Waals surface area contributed by atoms with Crippen LogP contribution in [0.5, 0.6) is 0 Å². The van der Waals surface area contributed by atoms with Crippen molar-refractivity contribution in [3.05, 3.63) is 36.0 Å². The lowest BCUT2D eigenvalue weighted by molar-refractivity contribution is 0.0697. The maximum atomic E-state index is 11.0. The number of hydrogen-bond donors (Lipinski definition) is 1. The molecule has 18 heavy (non-hydrogen) atoms. The summed E-state index contributed by atoms with van der Waals surface area (Å²) in [7, 11) is 0. The number of pyridine rings is 1. The zero-order valence-electron chi connectivity index (χ0n) is 10.6. The second-order valence-corrected chi connectivity index (χ2v) is 4.04. The zero-order chi connectivity index (χ0) is 13.1. The fourth-order valence-corrected chi connectivity index (χ4v) is 2.10. The molecule has 94 valence electrons. The highest BCUT2D eigenvalue weighted by molar-refractivity contribution is 5.98. The lowest BCUT2D eigenvalue weighted by Gasteiger charge is -2.22. The molecule has 0 radical (unpaired) electrons. The topological polar surface area (TPSA) is 53.4 Å². The van der Waals surface area contributed by atoms with Gasteiger partial charge in [0.15, 0.2) is 0 Å². The summed E-state index contributed by atoms with van der Waals surface area (Å²) in [6, 6.07) is 6.97. The Morgan fingerprint density at radius 2 is 2.00 bits per heavy atom. The van der Waals surface area contributed by atoms with Gasteiger partial charge < -0.3 is 10.0 Å². The number of aromatic nitrogens is 1. The number of aromatic carboxylic acids is 1. The van der Waals surface area contributed by atoms with Crippen LogP contribution in [0.3, 0.4) is 0 Å². The lowest BCUT2D eigenvalue weighted by Crippen LogP contribution is -2.22. The van der Waals surface area contributed by atoms with Crippen molar-refractivity contribution < 1.29 is 9.90 Å². The van der Waals surface area contributed by atoms with E-state index in [4.69, 9.17) is 5.11 Å².